The molecule has 0 aliphatic heterocycles. The summed E-state index contributed by atoms with van der Waals surface area (Å²) in [5.74, 6) is 1.08. The highest BCUT2D eigenvalue weighted by Crippen LogP contribution is 2.45. The normalized spacial score (nSPS) is 14.4. The van der Waals surface area contributed by atoms with Crippen molar-refractivity contribution in [3.05, 3.63) is 0 Å². The number of unbranched alkanes of at least 4 members (excludes halogenated alkanes) is 47. The summed E-state index contributed by atoms with van der Waals surface area (Å²) in [6, 6.07) is 0. The molecular formula is C86H168O17P2. The van der Waals surface area contributed by atoms with E-state index < -0.39 is 97.5 Å². The van der Waals surface area contributed by atoms with Crippen LogP contribution in [-0.2, 0) is 65.4 Å². The third kappa shape index (κ3) is 77.2. The van der Waals surface area contributed by atoms with Gasteiger partial charge in [-0.25, -0.2) is 9.13 Å². The molecule has 624 valence electrons. The number of hydrogen-bond acceptors (Lipinski definition) is 15. The van der Waals surface area contributed by atoms with Gasteiger partial charge in [0.1, 0.15) is 19.3 Å². The van der Waals surface area contributed by atoms with Crippen LogP contribution in [-0.4, -0.2) is 96.7 Å². The van der Waals surface area contributed by atoms with Gasteiger partial charge >= 0.3 is 39.5 Å². The van der Waals surface area contributed by atoms with E-state index in [0.29, 0.717) is 25.7 Å². The average Bonchev–Trinajstić information content (AvgIpc) is 0.902. The highest BCUT2D eigenvalue weighted by atomic mass is 31.2. The highest BCUT2D eigenvalue weighted by molar-refractivity contribution is 7.47. The second-order valence-electron chi connectivity index (χ2n) is 32.4. The van der Waals surface area contributed by atoms with Crippen molar-refractivity contribution in [2.24, 2.45) is 23.7 Å². The third-order valence-corrected chi connectivity index (χ3v) is 22.7. The molecule has 0 aromatic carbocycles. The van der Waals surface area contributed by atoms with Gasteiger partial charge in [0.25, 0.3) is 0 Å². The molecule has 0 saturated carbocycles. The van der Waals surface area contributed by atoms with Crippen LogP contribution in [0.3, 0.4) is 0 Å². The topological polar surface area (TPSA) is 237 Å². The zero-order chi connectivity index (χ0) is 77.4. The zero-order valence-corrected chi connectivity index (χ0v) is 71.2. The van der Waals surface area contributed by atoms with Crippen molar-refractivity contribution in [1.82, 2.24) is 0 Å². The summed E-state index contributed by atoms with van der Waals surface area (Å²) < 4.78 is 68.9. The van der Waals surface area contributed by atoms with Crippen LogP contribution in [0, 0.1) is 23.7 Å². The van der Waals surface area contributed by atoms with Crippen LogP contribution < -0.4 is 0 Å². The maximum absolute atomic E-state index is 13.1. The molecule has 17 nitrogen and oxygen atoms in total. The van der Waals surface area contributed by atoms with Gasteiger partial charge in [-0.05, 0) is 49.4 Å². The number of carbonyl (C=O) groups excluding carboxylic acids is 4. The van der Waals surface area contributed by atoms with Crippen molar-refractivity contribution in [3.8, 4) is 0 Å². The van der Waals surface area contributed by atoms with Crippen molar-refractivity contribution >= 4 is 39.5 Å². The minimum atomic E-state index is -4.97. The Kier molecular flexibility index (Phi) is 73.4. The first-order chi connectivity index (χ1) is 50.7. The molecule has 0 radical (unpaired) electrons. The van der Waals surface area contributed by atoms with Crippen LogP contribution in [0.2, 0.25) is 0 Å². The summed E-state index contributed by atoms with van der Waals surface area (Å²) in [6.07, 6.45) is 63.9. The molecule has 19 heteroatoms. The van der Waals surface area contributed by atoms with E-state index in [4.69, 9.17) is 37.0 Å². The van der Waals surface area contributed by atoms with Crippen molar-refractivity contribution in [1.29, 1.82) is 0 Å². The van der Waals surface area contributed by atoms with E-state index in [1.54, 1.807) is 0 Å². The van der Waals surface area contributed by atoms with Gasteiger partial charge in [0.05, 0.1) is 26.4 Å². The van der Waals surface area contributed by atoms with Gasteiger partial charge < -0.3 is 33.8 Å². The first-order valence-electron chi connectivity index (χ1n) is 44.3. The van der Waals surface area contributed by atoms with E-state index in [1.807, 2.05) is 0 Å². The molecule has 0 aliphatic carbocycles. The van der Waals surface area contributed by atoms with Crippen molar-refractivity contribution < 1.29 is 80.2 Å². The lowest BCUT2D eigenvalue weighted by Crippen LogP contribution is -2.30. The van der Waals surface area contributed by atoms with Gasteiger partial charge in [-0.15, -0.1) is 0 Å². The fourth-order valence-electron chi connectivity index (χ4n) is 13.3. The van der Waals surface area contributed by atoms with Gasteiger partial charge in [0, 0.05) is 25.7 Å². The Morgan fingerprint density at radius 1 is 0.267 bits per heavy atom. The highest BCUT2D eigenvalue weighted by Gasteiger charge is 2.31. The van der Waals surface area contributed by atoms with Gasteiger partial charge in [-0.3, -0.25) is 37.3 Å². The lowest BCUT2D eigenvalue weighted by Gasteiger charge is -2.21. The van der Waals surface area contributed by atoms with E-state index in [-0.39, 0.29) is 25.7 Å². The summed E-state index contributed by atoms with van der Waals surface area (Å²) >= 11 is 0. The van der Waals surface area contributed by atoms with E-state index in [2.05, 4.69) is 55.4 Å². The molecule has 0 aliphatic rings. The first-order valence-corrected chi connectivity index (χ1v) is 47.3. The monoisotopic (exact) mass is 1540 g/mol. The van der Waals surface area contributed by atoms with E-state index in [0.717, 1.165) is 120 Å². The average molecular weight is 1540 g/mol. The van der Waals surface area contributed by atoms with Crippen LogP contribution in [0.1, 0.15) is 447 Å². The number of hydrogen-bond donors (Lipinski definition) is 3. The molecule has 4 unspecified atom stereocenters. The fourth-order valence-corrected chi connectivity index (χ4v) is 14.8. The largest absolute Gasteiger partial charge is 0.472 e. The Morgan fingerprint density at radius 3 is 0.676 bits per heavy atom. The van der Waals surface area contributed by atoms with E-state index in [9.17, 15) is 43.2 Å². The summed E-state index contributed by atoms with van der Waals surface area (Å²) in [5.41, 5.74) is 0. The predicted octanol–water partition coefficient (Wildman–Crippen LogP) is 25.9. The summed E-state index contributed by atoms with van der Waals surface area (Å²) in [7, 11) is -9.93. The predicted molar refractivity (Wildman–Crippen MR) is 432 cm³/mol. The number of ether oxygens (including phenoxy) is 4. The van der Waals surface area contributed by atoms with Crippen molar-refractivity contribution in [2.75, 3.05) is 39.6 Å². The molecule has 0 aromatic rings. The maximum atomic E-state index is 13.1. The molecule has 0 heterocycles. The van der Waals surface area contributed by atoms with Gasteiger partial charge in [-0.1, -0.05) is 396 Å². The molecule has 0 saturated heterocycles. The molecular weight excluding hydrogens is 1370 g/mol. The molecule has 0 amide bonds. The van der Waals surface area contributed by atoms with Crippen LogP contribution in [0.4, 0.5) is 0 Å². The first kappa shape index (κ1) is 103. The quantitative estimate of drug-likeness (QED) is 0.0222. The molecule has 105 heavy (non-hydrogen) atoms. The number of aliphatic hydroxyl groups excluding tert-OH is 1. The Bertz CT molecular complexity index is 2050. The number of aliphatic hydroxyl groups is 1. The number of esters is 4. The lowest BCUT2D eigenvalue weighted by molar-refractivity contribution is -0.161. The van der Waals surface area contributed by atoms with Crippen molar-refractivity contribution in [3.63, 3.8) is 0 Å². The number of carbonyl (C=O) groups is 4. The maximum Gasteiger partial charge on any atom is 0.472 e. The standard InChI is InChI=1S/C86H168O17P2/c1-9-78(7)64-56-48-40-34-28-22-15-13-11-12-14-16-23-30-36-42-52-60-68-85(90)102-81(72-96-83(88)66-58-50-41-35-29-25-19-21-27-33-39-47-55-63-77(5)6)74-100-104(92,93)98-70-80(87)71-99-105(94,95)101-75-82(73-97-84(89)67-59-51-45-44-49-57-65-79(8)10-2)103-86(91)69-61-53-43-37-31-24-18-17-20-26-32-38-46-54-62-76(3)4/h76-82,87H,9-75H2,1-8H3,(H,92,93)(H,94,95)/t78?,79?,80-,81-,82-/m1/s1. The van der Waals surface area contributed by atoms with E-state index in [1.165, 1.54) is 244 Å². The SMILES string of the molecule is CCC(C)CCCCCCCCCCCCCCCCCCCCC(=O)O[C@H](COC(=O)CCCCCCCCCCCCCCCC(C)C)COP(=O)(O)OC[C@@H](O)COP(=O)(O)OC[C@@H](COC(=O)CCCCCCCCC(C)CC)OC(=O)CCCCCCCCCCCCCCCCC(C)C. The second kappa shape index (κ2) is 74.8. The Hall–Kier alpha value is -1.94. The second-order valence-corrected chi connectivity index (χ2v) is 35.3. The molecule has 0 rings (SSSR count). The summed E-state index contributed by atoms with van der Waals surface area (Å²) in [6.45, 7) is 14.3. The number of phosphoric ester groups is 2. The van der Waals surface area contributed by atoms with Crippen LogP contribution in [0.5, 0.6) is 0 Å². The van der Waals surface area contributed by atoms with Gasteiger partial charge in [0.2, 0.25) is 0 Å². The Labute approximate surface area is 645 Å². The number of rotatable bonds is 83. The number of phosphoric acid groups is 2. The van der Waals surface area contributed by atoms with Crippen molar-refractivity contribution in [2.45, 2.75) is 465 Å². The van der Waals surface area contributed by atoms with Gasteiger partial charge in [-0.2, -0.15) is 0 Å². The summed E-state index contributed by atoms with van der Waals surface area (Å²) in [4.78, 5) is 73.2. The van der Waals surface area contributed by atoms with Crippen LogP contribution in [0.25, 0.3) is 0 Å². The summed E-state index contributed by atoms with van der Waals surface area (Å²) in [5, 5.41) is 10.7. The van der Waals surface area contributed by atoms with Crippen LogP contribution in [0.15, 0.2) is 0 Å². The van der Waals surface area contributed by atoms with Crippen LogP contribution >= 0.6 is 15.6 Å². The minimum absolute atomic E-state index is 0.106. The molecule has 0 bridgehead atoms. The zero-order valence-electron chi connectivity index (χ0n) is 69.4. The van der Waals surface area contributed by atoms with E-state index >= 15 is 0 Å². The molecule has 0 aromatic heterocycles. The Balaban J connectivity index is 5.23. The minimum Gasteiger partial charge on any atom is -0.462 e. The molecule has 7 atom stereocenters. The fraction of sp³-hybridized carbons (Fsp3) is 0.953. The molecule has 0 spiro atoms. The van der Waals surface area contributed by atoms with Gasteiger partial charge in [0.15, 0.2) is 12.2 Å². The Morgan fingerprint density at radius 2 is 0.457 bits per heavy atom. The lowest BCUT2D eigenvalue weighted by atomic mass is 9.99. The smallest absolute Gasteiger partial charge is 0.462 e. The molecule has 3 N–H and O–H groups in total. The molecule has 0 fully saturated rings. The third-order valence-electron chi connectivity index (χ3n) is 20.8.